The standard InChI is InChI=1S/C20H32N2.C19H30N2O2S.C18H27N/c1-15(2)18-4-5-20(17-6-9-21-10-7-17)19(13-18)12-16-8-11-22(3)14-16;1-14(2)16-6-7-19(15-8-10-20-11-9-15)17(12-16)13-24(22,23)21-18-4-3-5-18;1-13(2)16-5-6-18(15-7-9-19-10-8-15)17(12-16)11-14-3-4-14/h4-5,13,15-17,21H,6-12,14H2,1-3H3;6-7,12,14-15,18,20-21H,3-5,8-11,13H2,1-2H3;5-6,12-15,19H,3-4,7-11H2,1-2H3. The van der Waals surface area contributed by atoms with Crippen LogP contribution in [-0.4, -0.2) is 78.8 Å². The second-order valence-corrected chi connectivity index (χ2v) is 23.9. The van der Waals surface area contributed by atoms with E-state index in [1.807, 2.05) is 0 Å². The lowest BCUT2D eigenvalue weighted by Gasteiger charge is -2.28. The summed E-state index contributed by atoms with van der Waals surface area (Å²) >= 11 is 0. The minimum atomic E-state index is -3.26. The number of piperidine rings is 3. The Morgan fingerprint density at radius 2 is 0.938 bits per heavy atom. The highest BCUT2D eigenvalue weighted by molar-refractivity contribution is 7.88. The van der Waals surface area contributed by atoms with Gasteiger partial charge in [-0.05, 0) is 234 Å². The molecule has 1 atom stereocenters. The van der Waals surface area contributed by atoms with Gasteiger partial charge in [-0.1, -0.05) is 103 Å². The van der Waals surface area contributed by atoms with Gasteiger partial charge >= 0.3 is 0 Å². The fourth-order valence-electron chi connectivity index (χ4n) is 11.2. The first-order valence-electron chi connectivity index (χ1n) is 26.5. The summed E-state index contributed by atoms with van der Waals surface area (Å²) < 4.78 is 28.1. The largest absolute Gasteiger partial charge is 0.317 e. The molecule has 65 heavy (non-hydrogen) atoms. The third kappa shape index (κ3) is 14.9. The number of nitrogens with one attached hydrogen (secondary N) is 4. The molecular weight excluding hydrogens is 819 g/mol. The zero-order valence-corrected chi connectivity index (χ0v) is 42.6. The molecule has 2 aliphatic carbocycles. The van der Waals surface area contributed by atoms with Crippen LogP contribution in [0.25, 0.3) is 0 Å². The lowest BCUT2D eigenvalue weighted by molar-refractivity contribution is 0.383. The van der Waals surface area contributed by atoms with E-state index in [2.05, 4.69) is 129 Å². The van der Waals surface area contributed by atoms with E-state index in [1.165, 1.54) is 119 Å². The van der Waals surface area contributed by atoms with Crippen LogP contribution in [-0.2, 0) is 28.6 Å². The molecule has 4 saturated heterocycles. The molecule has 9 rings (SSSR count). The van der Waals surface area contributed by atoms with E-state index in [1.54, 1.807) is 22.3 Å². The quantitative estimate of drug-likeness (QED) is 0.129. The highest BCUT2D eigenvalue weighted by Gasteiger charge is 2.28. The van der Waals surface area contributed by atoms with Crippen molar-refractivity contribution in [3.8, 4) is 0 Å². The van der Waals surface area contributed by atoms with Gasteiger partial charge in [-0.2, -0.15) is 0 Å². The third-order valence-electron chi connectivity index (χ3n) is 15.8. The third-order valence-corrected chi connectivity index (χ3v) is 17.2. The van der Waals surface area contributed by atoms with Crippen molar-refractivity contribution in [3.05, 3.63) is 105 Å². The van der Waals surface area contributed by atoms with Crippen LogP contribution in [0, 0.1) is 11.8 Å². The molecule has 0 radical (unpaired) electrons. The number of hydrogen-bond donors (Lipinski definition) is 4. The van der Waals surface area contributed by atoms with Crippen LogP contribution in [0.3, 0.4) is 0 Å². The molecule has 0 spiro atoms. The maximum Gasteiger partial charge on any atom is 0.216 e. The molecule has 3 aromatic rings. The van der Waals surface area contributed by atoms with E-state index in [0.717, 1.165) is 74.4 Å². The number of benzene rings is 3. The molecule has 1 unspecified atom stereocenters. The molecule has 7 nitrogen and oxygen atoms in total. The molecular formula is C57H89N5O2S. The fourth-order valence-corrected chi connectivity index (χ4v) is 12.7. The first-order chi connectivity index (χ1) is 31.3. The Hall–Kier alpha value is -2.59. The second-order valence-electron chi connectivity index (χ2n) is 22.2. The van der Waals surface area contributed by atoms with Gasteiger partial charge in [0.2, 0.25) is 10.0 Å². The van der Waals surface area contributed by atoms with Crippen LogP contribution in [0.1, 0.15) is 204 Å². The molecule has 0 amide bonds. The summed E-state index contributed by atoms with van der Waals surface area (Å²) in [5.74, 6) is 5.70. The number of hydrogen-bond acceptors (Lipinski definition) is 6. The Bertz CT molecular complexity index is 2040. The average molecular weight is 908 g/mol. The van der Waals surface area contributed by atoms with E-state index in [9.17, 15) is 8.42 Å². The predicted octanol–water partition coefficient (Wildman–Crippen LogP) is 11.2. The Morgan fingerprint density at radius 1 is 0.538 bits per heavy atom. The van der Waals surface area contributed by atoms with Crippen LogP contribution in [0.4, 0.5) is 0 Å². The molecule has 2 saturated carbocycles. The van der Waals surface area contributed by atoms with Crippen LogP contribution in [0.5, 0.6) is 0 Å². The van der Waals surface area contributed by atoms with Gasteiger partial charge in [-0.25, -0.2) is 13.1 Å². The van der Waals surface area contributed by atoms with Gasteiger partial charge in [0, 0.05) is 12.6 Å². The minimum absolute atomic E-state index is 0.114. The van der Waals surface area contributed by atoms with Gasteiger partial charge in [-0.3, -0.25) is 0 Å². The van der Waals surface area contributed by atoms with Crippen LogP contribution >= 0.6 is 0 Å². The number of nitrogens with zero attached hydrogens (tertiary/aromatic N) is 1. The normalized spacial score (nSPS) is 21.8. The lowest BCUT2D eigenvalue weighted by Crippen LogP contribution is -2.40. The van der Waals surface area contributed by atoms with E-state index >= 15 is 0 Å². The Labute approximate surface area is 396 Å². The van der Waals surface area contributed by atoms with Crippen LogP contribution in [0.2, 0.25) is 0 Å². The summed E-state index contributed by atoms with van der Waals surface area (Å²) in [5, 5.41) is 10.4. The summed E-state index contributed by atoms with van der Waals surface area (Å²) in [5.41, 5.74) is 13.1. The number of rotatable bonds is 14. The van der Waals surface area contributed by atoms with Crippen molar-refractivity contribution in [2.45, 2.75) is 179 Å². The van der Waals surface area contributed by atoms with Crippen molar-refractivity contribution in [2.75, 3.05) is 59.4 Å². The Balaban J connectivity index is 0.000000146. The minimum Gasteiger partial charge on any atom is -0.317 e. The molecule has 0 aromatic heterocycles. The number of sulfonamides is 1. The van der Waals surface area contributed by atoms with E-state index < -0.39 is 10.0 Å². The summed E-state index contributed by atoms with van der Waals surface area (Å²) in [6.45, 7) is 22.9. The molecule has 360 valence electrons. The topological polar surface area (TPSA) is 85.5 Å². The van der Waals surface area contributed by atoms with Crippen molar-refractivity contribution in [3.63, 3.8) is 0 Å². The van der Waals surface area contributed by atoms with E-state index in [4.69, 9.17) is 0 Å². The molecule has 6 fully saturated rings. The zero-order valence-electron chi connectivity index (χ0n) is 41.8. The highest BCUT2D eigenvalue weighted by Crippen LogP contribution is 2.38. The van der Waals surface area contributed by atoms with Gasteiger partial charge in [-0.15, -0.1) is 0 Å². The monoisotopic (exact) mass is 908 g/mol. The van der Waals surface area contributed by atoms with Gasteiger partial charge < -0.3 is 20.9 Å². The first-order valence-corrected chi connectivity index (χ1v) is 28.2. The van der Waals surface area contributed by atoms with Crippen molar-refractivity contribution in [2.24, 2.45) is 11.8 Å². The van der Waals surface area contributed by atoms with Crippen molar-refractivity contribution < 1.29 is 8.42 Å². The first kappa shape index (κ1) is 50.3. The summed E-state index contributed by atoms with van der Waals surface area (Å²) in [6.07, 6.45) is 17.4. The summed E-state index contributed by atoms with van der Waals surface area (Å²) in [4.78, 5) is 2.49. The fraction of sp³-hybridized carbons (Fsp3) is 0.684. The molecule has 0 bridgehead atoms. The average Bonchev–Trinajstić information content (AvgIpc) is 4.02. The lowest BCUT2D eigenvalue weighted by atomic mass is 9.82. The van der Waals surface area contributed by atoms with Gasteiger partial charge in [0.25, 0.3) is 0 Å². The molecule has 4 N–H and O–H groups in total. The van der Waals surface area contributed by atoms with Crippen LogP contribution < -0.4 is 20.7 Å². The number of likely N-dealkylation sites (tertiary alicyclic amines) is 1. The maximum absolute atomic E-state index is 12.6. The van der Waals surface area contributed by atoms with Crippen LogP contribution in [0.15, 0.2) is 54.6 Å². The van der Waals surface area contributed by atoms with Crippen molar-refractivity contribution >= 4 is 10.0 Å². The smallest absolute Gasteiger partial charge is 0.216 e. The maximum atomic E-state index is 12.6. The SMILES string of the molecule is CC(C)c1ccc(C2CCNCC2)c(CC2CC2)c1.CC(C)c1ccc(C2CCNCC2)c(CC2CCN(C)C2)c1.CC(C)c1ccc(C2CCNCC2)c(CS(=O)(=O)NC2CCC2)c1. The summed E-state index contributed by atoms with van der Waals surface area (Å²) in [7, 11) is -1.00. The molecule has 6 aliphatic rings. The zero-order chi connectivity index (χ0) is 45.9. The van der Waals surface area contributed by atoms with E-state index in [0.29, 0.717) is 23.7 Å². The van der Waals surface area contributed by atoms with E-state index in [-0.39, 0.29) is 11.8 Å². The summed E-state index contributed by atoms with van der Waals surface area (Å²) in [6, 6.07) is 21.3. The van der Waals surface area contributed by atoms with Crippen molar-refractivity contribution in [1.82, 2.24) is 25.6 Å². The predicted molar refractivity (Wildman–Crippen MR) is 275 cm³/mol. The van der Waals surface area contributed by atoms with Crippen molar-refractivity contribution in [1.29, 1.82) is 0 Å². The molecule has 3 aromatic carbocycles. The molecule has 8 heteroatoms. The second kappa shape index (κ2) is 24.1. The molecule has 4 heterocycles. The highest BCUT2D eigenvalue weighted by atomic mass is 32.2. The van der Waals surface area contributed by atoms with Gasteiger partial charge in [0.15, 0.2) is 0 Å². The van der Waals surface area contributed by atoms with Gasteiger partial charge in [0.1, 0.15) is 0 Å². The molecule has 4 aliphatic heterocycles. The Morgan fingerprint density at radius 3 is 1.29 bits per heavy atom. The van der Waals surface area contributed by atoms with Gasteiger partial charge in [0.05, 0.1) is 5.75 Å². The Kier molecular flexibility index (Phi) is 18.7.